The molecule has 0 aromatic heterocycles. The van der Waals surface area contributed by atoms with E-state index in [0.29, 0.717) is 25.7 Å². The van der Waals surface area contributed by atoms with Crippen LogP contribution in [0.5, 0.6) is 5.75 Å². The Balaban J connectivity index is 0.000000896. The summed E-state index contributed by atoms with van der Waals surface area (Å²) in [6.45, 7) is 13.6. The zero-order valence-corrected chi connectivity index (χ0v) is 16.2. The number of carbonyl (C=O) groups is 2. The number of rotatable bonds is 8. The lowest BCUT2D eigenvalue weighted by Crippen LogP contribution is -2.38. The molecule has 0 amide bonds. The average Bonchev–Trinajstić information content (AvgIpc) is 2.53. The van der Waals surface area contributed by atoms with Gasteiger partial charge < -0.3 is 25.0 Å². The molecule has 0 aliphatic rings. The van der Waals surface area contributed by atoms with Crippen molar-refractivity contribution in [2.45, 2.75) is 46.1 Å². The summed E-state index contributed by atoms with van der Waals surface area (Å²) in [5, 5.41) is 18.2. The Morgan fingerprint density at radius 1 is 1.08 bits per heavy atom. The monoisotopic (exact) mass is 369 g/mol. The summed E-state index contributed by atoms with van der Waals surface area (Å²) in [4.78, 5) is 18.2. The fourth-order valence-corrected chi connectivity index (χ4v) is 1.78. The van der Waals surface area contributed by atoms with Crippen molar-refractivity contribution in [3.05, 3.63) is 29.8 Å². The van der Waals surface area contributed by atoms with E-state index >= 15 is 0 Å². The zero-order chi connectivity index (χ0) is 20.2. The third-order valence-corrected chi connectivity index (χ3v) is 3.11. The van der Waals surface area contributed by atoms with Gasteiger partial charge in [-0.2, -0.15) is 0 Å². The van der Waals surface area contributed by atoms with Crippen molar-refractivity contribution in [3.8, 4) is 5.75 Å². The maximum absolute atomic E-state index is 9.10. The van der Waals surface area contributed by atoms with Gasteiger partial charge in [-0.3, -0.25) is 0 Å². The number of hydrogen-bond acceptors (Lipinski definition) is 5. The van der Waals surface area contributed by atoms with E-state index in [1.165, 1.54) is 5.56 Å². The minimum Gasteiger partial charge on any atom is -0.491 e. The first-order chi connectivity index (χ1) is 12.0. The van der Waals surface area contributed by atoms with E-state index in [1.54, 1.807) is 0 Å². The van der Waals surface area contributed by atoms with Crippen molar-refractivity contribution in [3.63, 3.8) is 0 Å². The highest BCUT2D eigenvalue weighted by atomic mass is 16.5. The van der Waals surface area contributed by atoms with E-state index in [-0.39, 0.29) is 5.54 Å². The quantitative estimate of drug-likeness (QED) is 0.478. The molecule has 0 aliphatic heterocycles. The fraction of sp³-hybridized carbons (Fsp3) is 0.579. The summed E-state index contributed by atoms with van der Waals surface area (Å²) in [6, 6.07) is 8.27. The lowest BCUT2D eigenvalue weighted by Gasteiger charge is -2.20. The van der Waals surface area contributed by atoms with Crippen molar-refractivity contribution >= 4 is 11.9 Å². The molecule has 3 N–H and O–H groups in total. The molecule has 0 fully saturated rings. The zero-order valence-electron chi connectivity index (χ0n) is 16.2. The van der Waals surface area contributed by atoms with Gasteiger partial charge in [0.15, 0.2) is 0 Å². The van der Waals surface area contributed by atoms with Crippen molar-refractivity contribution in [2.75, 3.05) is 26.4 Å². The van der Waals surface area contributed by atoms with Gasteiger partial charge >= 0.3 is 11.9 Å². The Labute approximate surface area is 155 Å². The molecular formula is C19H31NO6. The summed E-state index contributed by atoms with van der Waals surface area (Å²) in [6.07, 6.45) is 0. The Hall–Kier alpha value is -2.12. The topological polar surface area (TPSA) is 105 Å². The second-order valence-corrected chi connectivity index (χ2v) is 6.98. The van der Waals surface area contributed by atoms with Crippen molar-refractivity contribution in [1.29, 1.82) is 0 Å². The van der Waals surface area contributed by atoms with Crippen LogP contribution >= 0.6 is 0 Å². The molecule has 0 saturated carbocycles. The third kappa shape index (κ3) is 13.2. The molecule has 26 heavy (non-hydrogen) atoms. The van der Waals surface area contributed by atoms with E-state index in [4.69, 9.17) is 29.3 Å². The molecule has 0 spiro atoms. The van der Waals surface area contributed by atoms with E-state index in [0.717, 1.165) is 12.3 Å². The number of carboxylic acids is 2. The van der Waals surface area contributed by atoms with Crippen LogP contribution < -0.4 is 10.1 Å². The van der Waals surface area contributed by atoms with E-state index in [2.05, 4.69) is 52.1 Å². The number of nitrogens with one attached hydrogen (secondary N) is 1. The van der Waals surface area contributed by atoms with Crippen molar-refractivity contribution in [2.24, 2.45) is 0 Å². The fourth-order valence-electron chi connectivity index (χ4n) is 1.78. The number of carboxylic acid groups (broad SMARTS) is 2. The molecule has 7 heteroatoms. The van der Waals surface area contributed by atoms with Crippen LogP contribution in [0.25, 0.3) is 0 Å². The first-order valence-corrected chi connectivity index (χ1v) is 8.54. The molecule has 0 radical (unpaired) electrons. The van der Waals surface area contributed by atoms with Gasteiger partial charge in [0, 0.05) is 12.1 Å². The van der Waals surface area contributed by atoms with Crippen LogP contribution in [0.2, 0.25) is 0 Å². The summed E-state index contributed by atoms with van der Waals surface area (Å²) in [5.74, 6) is -2.20. The molecule has 0 atom stereocenters. The van der Waals surface area contributed by atoms with Gasteiger partial charge in [0.05, 0.1) is 13.2 Å². The maximum atomic E-state index is 9.10. The third-order valence-electron chi connectivity index (χ3n) is 3.11. The smallest absolute Gasteiger partial charge is 0.414 e. The SMILES string of the molecule is CC(C)c1cccc(OCCOCCNC(C)(C)C)c1.O=C(O)C(=O)O. The normalized spacial score (nSPS) is 10.8. The van der Waals surface area contributed by atoms with Crippen LogP contribution in [-0.4, -0.2) is 54.1 Å². The molecular weight excluding hydrogens is 338 g/mol. The Bertz CT molecular complexity index is 539. The highest BCUT2D eigenvalue weighted by molar-refractivity contribution is 6.27. The second kappa shape index (κ2) is 12.3. The highest BCUT2D eigenvalue weighted by Gasteiger charge is 2.07. The number of hydrogen-bond donors (Lipinski definition) is 3. The molecule has 0 bridgehead atoms. The Morgan fingerprint density at radius 2 is 1.69 bits per heavy atom. The van der Waals surface area contributed by atoms with Gasteiger partial charge in [0.2, 0.25) is 0 Å². The van der Waals surface area contributed by atoms with E-state index < -0.39 is 11.9 Å². The molecule has 148 valence electrons. The number of aliphatic carboxylic acids is 2. The van der Waals surface area contributed by atoms with Gasteiger partial charge in [0.1, 0.15) is 12.4 Å². The van der Waals surface area contributed by atoms with Gasteiger partial charge in [-0.25, -0.2) is 9.59 Å². The maximum Gasteiger partial charge on any atom is 0.414 e. The second-order valence-electron chi connectivity index (χ2n) is 6.98. The minimum absolute atomic E-state index is 0.150. The predicted molar refractivity (Wildman–Crippen MR) is 99.9 cm³/mol. The summed E-state index contributed by atoms with van der Waals surface area (Å²) < 4.78 is 11.2. The van der Waals surface area contributed by atoms with Gasteiger partial charge in [-0.1, -0.05) is 26.0 Å². The van der Waals surface area contributed by atoms with Crippen molar-refractivity contribution < 1.29 is 29.3 Å². The van der Waals surface area contributed by atoms with Crippen LogP contribution in [0.15, 0.2) is 24.3 Å². The molecule has 0 aliphatic carbocycles. The molecule has 0 saturated heterocycles. The van der Waals surface area contributed by atoms with Crippen LogP contribution in [0.4, 0.5) is 0 Å². The highest BCUT2D eigenvalue weighted by Crippen LogP contribution is 2.19. The van der Waals surface area contributed by atoms with Crippen LogP contribution in [0.3, 0.4) is 0 Å². The molecule has 0 heterocycles. The van der Waals surface area contributed by atoms with Gasteiger partial charge in [-0.15, -0.1) is 0 Å². The first kappa shape index (κ1) is 23.9. The summed E-state index contributed by atoms with van der Waals surface area (Å²) in [5.41, 5.74) is 1.45. The first-order valence-electron chi connectivity index (χ1n) is 8.54. The largest absolute Gasteiger partial charge is 0.491 e. The standard InChI is InChI=1S/C17H29NO2.C2H2O4/c1-14(2)15-7-6-8-16(13-15)20-12-11-19-10-9-18-17(3,4)5;3-1(4)2(5)6/h6-8,13-14,18H,9-12H2,1-5H3;(H,3,4)(H,5,6). The molecule has 1 aromatic carbocycles. The van der Waals surface area contributed by atoms with Crippen LogP contribution in [0, 0.1) is 0 Å². The van der Waals surface area contributed by atoms with Crippen molar-refractivity contribution in [1.82, 2.24) is 5.32 Å². The number of ether oxygens (including phenoxy) is 2. The Morgan fingerprint density at radius 3 is 2.19 bits per heavy atom. The summed E-state index contributed by atoms with van der Waals surface area (Å²) in [7, 11) is 0. The predicted octanol–water partition coefficient (Wildman–Crippen LogP) is 2.75. The lowest BCUT2D eigenvalue weighted by molar-refractivity contribution is -0.159. The lowest BCUT2D eigenvalue weighted by atomic mass is 10.0. The number of benzene rings is 1. The van der Waals surface area contributed by atoms with Gasteiger partial charge in [0.25, 0.3) is 0 Å². The van der Waals surface area contributed by atoms with E-state index in [9.17, 15) is 0 Å². The average molecular weight is 369 g/mol. The summed E-state index contributed by atoms with van der Waals surface area (Å²) >= 11 is 0. The molecule has 7 nitrogen and oxygen atoms in total. The molecule has 0 unspecified atom stereocenters. The Kier molecular flexibility index (Phi) is 11.3. The van der Waals surface area contributed by atoms with Crippen LogP contribution in [-0.2, 0) is 14.3 Å². The molecule has 1 rings (SSSR count). The van der Waals surface area contributed by atoms with Gasteiger partial charge in [-0.05, 0) is 44.4 Å². The minimum atomic E-state index is -1.82. The van der Waals surface area contributed by atoms with E-state index in [1.807, 2.05) is 12.1 Å². The van der Waals surface area contributed by atoms with Crippen LogP contribution in [0.1, 0.15) is 46.1 Å². The molecule has 1 aromatic rings.